The number of anilines is 1. The molecule has 4 fully saturated rings. The van der Waals surface area contributed by atoms with Crippen LogP contribution >= 0.6 is 12.4 Å². The topological polar surface area (TPSA) is 141 Å². The van der Waals surface area contributed by atoms with Gasteiger partial charge in [-0.25, -0.2) is 9.37 Å². The predicted molar refractivity (Wildman–Crippen MR) is 183 cm³/mol. The zero-order valence-corrected chi connectivity index (χ0v) is 29.9. The van der Waals surface area contributed by atoms with Crippen LogP contribution in [0.1, 0.15) is 63.7 Å². The molecule has 4 aliphatic rings. The molecule has 0 radical (unpaired) electrons. The lowest BCUT2D eigenvalue weighted by atomic mass is 9.72. The van der Waals surface area contributed by atoms with E-state index in [4.69, 9.17) is 10.5 Å². The van der Waals surface area contributed by atoms with Crippen molar-refractivity contribution in [1.82, 2.24) is 33.6 Å². The molecule has 4 saturated heterocycles. The van der Waals surface area contributed by atoms with Crippen molar-refractivity contribution < 1.29 is 22.3 Å². The smallest absolute Gasteiger partial charge is 0.282 e. The normalized spacial score (nSPS) is 23.5. The van der Waals surface area contributed by atoms with Crippen LogP contribution in [0.3, 0.4) is 0 Å². The Morgan fingerprint density at radius 1 is 1.06 bits per heavy atom. The molecule has 1 amide bonds. The van der Waals surface area contributed by atoms with E-state index in [0.29, 0.717) is 37.9 Å². The van der Waals surface area contributed by atoms with Crippen LogP contribution in [0.2, 0.25) is 0 Å². The maximum Gasteiger partial charge on any atom is 0.282 e. The van der Waals surface area contributed by atoms with E-state index in [0.717, 1.165) is 58.4 Å². The Kier molecular flexibility index (Phi) is 11.2. The first-order valence-electron chi connectivity index (χ1n) is 16.8. The molecule has 0 saturated carbocycles. The van der Waals surface area contributed by atoms with Crippen molar-refractivity contribution in [2.45, 2.75) is 71.5 Å². The van der Waals surface area contributed by atoms with Gasteiger partial charge in [0.1, 0.15) is 17.9 Å². The second kappa shape index (κ2) is 14.7. The van der Waals surface area contributed by atoms with Gasteiger partial charge in [0.25, 0.3) is 22.0 Å². The molecule has 266 valence electrons. The van der Waals surface area contributed by atoms with Crippen LogP contribution < -0.4 is 15.4 Å². The Morgan fingerprint density at radius 2 is 1.73 bits per heavy atom. The second-order valence-electron chi connectivity index (χ2n) is 14.3. The van der Waals surface area contributed by atoms with E-state index in [1.54, 1.807) is 13.5 Å². The molecule has 1 aromatic heterocycles. The van der Waals surface area contributed by atoms with Crippen molar-refractivity contribution in [3.05, 3.63) is 35.9 Å². The summed E-state index contributed by atoms with van der Waals surface area (Å²) in [5.41, 5.74) is 6.24. The minimum Gasteiger partial charge on any atom is -0.434 e. The molecule has 16 heteroatoms. The molecule has 0 aliphatic carbocycles. The van der Waals surface area contributed by atoms with E-state index < -0.39 is 16.0 Å². The summed E-state index contributed by atoms with van der Waals surface area (Å²) in [6.45, 7) is 14.2. The number of carbonyl (C=O) groups is 1. The van der Waals surface area contributed by atoms with E-state index in [9.17, 15) is 17.6 Å². The number of ether oxygens (including phenoxy) is 1. The quantitative estimate of drug-likeness (QED) is 0.392. The molecule has 4 aliphatic heterocycles. The lowest BCUT2D eigenvalue weighted by Gasteiger charge is -2.54. The first-order chi connectivity index (χ1) is 22.3. The van der Waals surface area contributed by atoms with Crippen molar-refractivity contribution in [3.8, 4) is 11.6 Å². The van der Waals surface area contributed by atoms with E-state index in [2.05, 4.69) is 25.0 Å². The molecular weight excluding hydrogens is 661 g/mol. The predicted octanol–water partition coefficient (Wildman–Crippen LogP) is 2.99. The van der Waals surface area contributed by atoms with Gasteiger partial charge in [-0.1, -0.05) is 0 Å². The minimum absolute atomic E-state index is 0. The van der Waals surface area contributed by atoms with Gasteiger partial charge in [-0.2, -0.15) is 17.0 Å². The molecule has 13 nitrogen and oxygen atoms in total. The lowest BCUT2D eigenvalue weighted by Crippen LogP contribution is -2.61. The maximum absolute atomic E-state index is 14.4. The molecule has 1 aromatic carbocycles. The van der Waals surface area contributed by atoms with E-state index in [1.165, 1.54) is 24.5 Å². The molecule has 6 rings (SSSR count). The van der Waals surface area contributed by atoms with Gasteiger partial charge in [0.2, 0.25) is 0 Å². The van der Waals surface area contributed by atoms with E-state index >= 15 is 0 Å². The fourth-order valence-electron chi connectivity index (χ4n) is 7.70. The van der Waals surface area contributed by atoms with Gasteiger partial charge in [0.15, 0.2) is 5.82 Å². The fraction of sp³-hybridized carbons (Fsp3) is 0.688. The molecule has 1 spiro atoms. The number of carbonyl (C=O) groups excluding carboxylic acids is 1. The van der Waals surface area contributed by atoms with Crippen LogP contribution in [0, 0.1) is 17.2 Å². The Balaban J connectivity index is 0.00000451. The number of nitrogens with zero attached hydrogens (tertiary/aromatic N) is 8. The highest BCUT2D eigenvalue weighted by Gasteiger charge is 2.47. The highest BCUT2D eigenvalue weighted by atomic mass is 35.5. The third kappa shape index (κ3) is 7.55. The first-order valence-corrected chi connectivity index (χ1v) is 18.2. The molecular formula is C32H49ClFN9O4S. The summed E-state index contributed by atoms with van der Waals surface area (Å²) in [5, 5.41) is 8.15. The van der Waals surface area contributed by atoms with Crippen LogP contribution in [-0.4, -0.2) is 125 Å². The van der Waals surface area contributed by atoms with Gasteiger partial charge in [-0.05, 0) is 90.6 Å². The minimum atomic E-state index is -3.43. The lowest BCUT2D eigenvalue weighted by molar-refractivity contribution is 0.0640. The first kappa shape index (κ1) is 36.6. The number of aromatic nitrogens is 3. The number of benzene rings is 1. The highest BCUT2D eigenvalue weighted by molar-refractivity contribution is 7.86. The Hall–Kier alpha value is -2.69. The molecule has 48 heavy (non-hydrogen) atoms. The summed E-state index contributed by atoms with van der Waals surface area (Å²) in [4.78, 5) is 24.3. The number of hydrogen-bond donors (Lipinski definition) is 1. The Labute approximate surface area is 289 Å². The average Bonchev–Trinajstić information content (AvgIpc) is 3.67. The number of amides is 1. The zero-order valence-electron chi connectivity index (χ0n) is 28.3. The SMILES string of the molecule is CC(C)N(C(=O)c1cc(F)ccc1Oc1nncnc1N1CC2(CCN(C[C@@H]3CCN(S(=O)(=O)N4CC[C@@H](N)C4)C3)CC2)C1)C(C)C.Cl. The number of hydrogen-bond acceptors (Lipinski definition) is 10. The van der Waals surface area contributed by atoms with E-state index in [-0.39, 0.29) is 59.0 Å². The largest absolute Gasteiger partial charge is 0.434 e. The number of likely N-dealkylation sites (tertiary alicyclic amines) is 1. The summed E-state index contributed by atoms with van der Waals surface area (Å²) in [7, 11) is -3.43. The Bertz CT molecular complexity index is 1540. The fourth-order valence-corrected chi connectivity index (χ4v) is 9.47. The molecule has 0 bridgehead atoms. The van der Waals surface area contributed by atoms with Crippen LogP contribution in [-0.2, 0) is 10.2 Å². The standard InChI is InChI=1S/C32H48FN9O4S.ClH/c1-22(2)42(23(3)4)31(43)27-15-25(33)5-6-28(27)46-30-29(35-21-36-37-30)39-19-32(20-39)9-13-38(14-10-32)16-24-7-11-40(17-24)47(44,45)41-12-8-26(34)18-41;/h5-6,15,21-24,26H,7-14,16-20,34H2,1-4H3;1H/t24-,26+;/m0./s1. The van der Waals surface area contributed by atoms with Crippen molar-refractivity contribution in [1.29, 1.82) is 0 Å². The van der Waals surface area contributed by atoms with Gasteiger partial charge in [-0.15, -0.1) is 22.6 Å². The zero-order chi connectivity index (χ0) is 33.5. The summed E-state index contributed by atoms with van der Waals surface area (Å²) in [6, 6.07) is 3.69. The Morgan fingerprint density at radius 3 is 2.38 bits per heavy atom. The van der Waals surface area contributed by atoms with Crippen LogP contribution in [0.25, 0.3) is 0 Å². The average molecular weight is 710 g/mol. The van der Waals surface area contributed by atoms with Crippen molar-refractivity contribution in [2.75, 3.05) is 63.8 Å². The molecule has 2 aromatic rings. The van der Waals surface area contributed by atoms with Crippen LogP contribution in [0.5, 0.6) is 11.6 Å². The third-order valence-corrected chi connectivity index (χ3v) is 12.1. The van der Waals surface area contributed by atoms with Gasteiger partial charge < -0.3 is 25.2 Å². The van der Waals surface area contributed by atoms with Crippen molar-refractivity contribution >= 4 is 34.3 Å². The monoisotopic (exact) mass is 709 g/mol. The van der Waals surface area contributed by atoms with Crippen molar-refractivity contribution in [2.24, 2.45) is 17.1 Å². The summed E-state index contributed by atoms with van der Waals surface area (Å²) >= 11 is 0. The highest BCUT2D eigenvalue weighted by Crippen LogP contribution is 2.44. The van der Waals surface area contributed by atoms with E-state index in [1.807, 2.05) is 27.7 Å². The summed E-state index contributed by atoms with van der Waals surface area (Å²) in [6.07, 6.45) is 5.06. The number of nitrogens with two attached hydrogens (primary N) is 1. The molecule has 0 unspecified atom stereocenters. The number of halogens is 2. The maximum atomic E-state index is 14.4. The van der Waals surface area contributed by atoms with Gasteiger partial charge in [0.05, 0.1) is 5.56 Å². The van der Waals surface area contributed by atoms with Gasteiger partial charge >= 0.3 is 0 Å². The summed E-state index contributed by atoms with van der Waals surface area (Å²) in [5.74, 6) is 0.419. The number of rotatable bonds is 10. The molecule has 5 heterocycles. The number of piperidine rings is 1. The van der Waals surface area contributed by atoms with Gasteiger partial charge in [-0.3, -0.25) is 4.79 Å². The van der Waals surface area contributed by atoms with Crippen LogP contribution in [0.4, 0.5) is 10.2 Å². The summed E-state index contributed by atoms with van der Waals surface area (Å²) < 4.78 is 49.9. The third-order valence-electron chi connectivity index (χ3n) is 10.2. The second-order valence-corrected chi connectivity index (χ2v) is 16.2. The molecule has 2 atom stereocenters. The van der Waals surface area contributed by atoms with Crippen molar-refractivity contribution in [3.63, 3.8) is 0 Å². The van der Waals surface area contributed by atoms with Gasteiger partial charge in [0, 0.05) is 69.4 Å². The molecule has 2 N–H and O–H groups in total. The van der Waals surface area contributed by atoms with Crippen LogP contribution in [0.15, 0.2) is 24.5 Å².